The average Bonchev–Trinajstić information content (AvgIpc) is 2.76. The number of nitrogens with one attached hydrogen (secondary N) is 1. The standard InChI is InChI=1S/C12H21NO3/c1-5-10-6-7-11(16-10)8-13-9(2)12(14-3)15-4/h6-7,9,12-13H,5,8H2,1-4H3. The zero-order valence-corrected chi connectivity index (χ0v) is 10.4. The summed E-state index contributed by atoms with van der Waals surface area (Å²) in [6.45, 7) is 4.77. The summed E-state index contributed by atoms with van der Waals surface area (Å²) in [6.07, 6.45) is 0.689. The molecular formula is C12H21NO3. The molecule has 1 heterocycles. The Morgan fingerprint density at radius 1 is 1.25 bits per heavy atom. The second-order valence-corrected chi connectivity index (χ2v) is 3.73. The van der Waals surface area contributed by atoms with Gasteiger partial charge in [-0.25, -0.2) is 0 Å². The number of hydrogen-bond donors (Lipinski definition) is 1. The highest BCUT2D eigenvalue weighted by atomic mass is 16.7. The van der Waals surface area contributed by atoms with Crippen LogP contribution in [0.5, 0.6) is 0 Å². The fraction of sp³-hybridized carbons (Fsp3) is 0.667. The van der Waals surface area contributed by atoms with Crippen molar-refractivity contribution < 1.29 is 13.9 Å². The first-order chi connectivity index (χ1) is 7.71. The molecule has 0 saturated carbocycles. The van der Waals surface area contributed by atoms with Crippen LogP contribution in [-0.2, 0) is 22.4 Å². The Labute approximate surface area is 96.9 Å². The molecule has 0 amide bonds. The van der Waals surface area contributed by atoms with Crippen LogP contribution in [0.2, 0.25) is 0 Å². The van der Waals surface area contributed by atoms with Crippen molar-refractivity contribution in [1.82, 2.24) is 5.32 Å². The van der Waals surface area contributed by atoms with E-state index >= 15 is 0 Å². The van der Waals surface area contributed by atoms with E-state index in [1.165, 1.54) is 0 Å². The Morgan fingerprint density at radius 2 is 1.88 bits per heavy atom. The minimum Gasteiger partial charge on any atom is -0.465 e. The number of rotatable bonds is 7. The zero-order chi connectivity index (χ0) is 12.0. The highest BCUT2D eigenvalue weighted by molar-refractivity contribution is 5.06. The van der Waals surface area contributed by atoms with E-state index in [9.17, 15) is 0 Å². The van der Waals surface area contributed by atoms with E-state index in [0.29, 0.717) is 6.54 Å². The number of aryl methyl sites for hydroxylation is 1. The van der Waals surface area contributed by atoms with Gasteiger partial charge >= 0.3 is 0 Å². The third kappa shape index (κ3) is 3.63. The van der Waals surface area contributed by atoms with E-state index in [-0.39, 0.29) is 12.3 Å². The summed E-state index contributed by atoms with van der Waals surface area (Å²) in [5.41, 5.74) is 0. The van der Waals surface area contributed by atoms with Gasteiger partial charge < -0.3 is 19.2 Å². The minimum atomic E-state index is -0.236. The van der Waals surface area contributed by atoms with Crippen LogP contribution in [0.15, 0.2) is 16.5 Å². The van der Waals surface area contributed by atoms with Gasteiger partial charge in [0.05, 0.1) is 12.6 Å². The molecule has 1 N–H and O–H groups in total. The van der Waals surface area contributed by atoms with Gasteiger partial charge in [0.15, 0.2) is 6.29 Å². The molecule has 0 aromatic carbocycles. The van der Waals surface area contributed by atoms with Gasteiger partial charge in [-0.15, -0.1) is 0 Å². The molecule has 1 aromatic heterocycles. The molecule has 0 aliphatic heterocycles. The summed E-state index contributed by atoms with van der Waals surface area (Å²) in [4.78, 5) is 0. The fourth-order valence-corrected chi connectivity index (χ4v) is 1.57. The van der Waals surface area contributed by atoms with Crippen molar-refractivity contribution in [1.29, 1.82) is 0 Å². The average molecular weight is 227 g/mol. The molecule has 0 aliphatic carbocycles. The first-order valence-corrected chi connectivity index (χ1v) is 5.57. The largest absolute Gasteiger partial charge is 0.465 e. The molecule has 1 atom stereocenters. The molecule has 0 saturated heterocycles. The van der Waals surface area contributed by atoms with Gasteiger partial charge in [0, 0.05) is 20.6 Å². The Morgan fingerprint density at radius 3 is 2.38 bits per heavy atom. The molecule has 16 heavy (non-hydrogen) atoms. The van der Waals surface area contributed by atoms with E-state index in [1.807, 2.05) is 19.1 Å². The predicted octanol–water partition coefficient (Wildman–Crippen LogP) is 1.94. The summed E-state index contributed by atoms with van der Waals surface area (Å²) in [5, 5.41) is 3.29. The van der Waals surface area contributed by atoms with E-state index < -0.39 is 0 Å². The van der Waals surface area contributed by atoms with Gasteiger partial charge in [0.2, 0.25) is 0 Å². The molecule has 0 spiro atoms. The lowest BCUT2D eigenvalue weighted by Gasteiger charge is -2.21. The summed E-state index contributed by atoms with van der Waals surface area (Å²) < 4.78 is 15.9. The minimum absolute atomic E-state index is 0.116. The predicted molar refractivity (Wildman–Crippen MR) is 62.2 cm³/mol. The normalized spacial score (nSPS) is 13.3. The Bertz CT molecular complexity index is 294. The van der Waals surface area contributed by atoms with Gasteiger partial charge in [-0.05, 0) is 19.1 Å². The Kier molecular flexibility index (Phi) is 5.52. The number of ether oxygens (including phenoxy) is 2. The van der Waals surface area contributed by atoms with E-state index in [2.05, 4.69) is 12.2 Å². The van der Waals surface area contributed by atoms with E-state index in [0.717, 1.165) is 17.9 Å². The topological polar surface area (TPSA) is 43.6 Å². The van der Waals surface area contributed by atoms with Crippen LogP contribution in [-0.4, -0.2) is 26.6 Å². The van der Waals surface area contributed by atoms with Gasteiger partial charge in [0.1, 0.15) is 11.5 Å². The second kappa shape index (κ2) is 6.68. The van der Waals surface area contributed by atoms with Crippen molar-refractivity contribution in [3.05, 3.63) is 23.7 Å². The maximum absolute atomic E-state index is 5.59. The SMILES string of the molecule is CCc1ccc(CNC(C)C(OC)OC)o1. The van der Waals surface area contributed by atoms with Crippen LogP contribution in [0.25, 0.3) is 0 Å². The van der Waals surface area contributed by atoms with Crippen molar-refractivity contribution in [2.45, 2.75) is 39.1 Å². The van der Waals surface area contributed by atoms with Crippen LogP contribution in [0.4, 0.5) is 0 Å². The third-order valence-corrected chi connectivity index (χ3v) is 2.54. The molecule has 1 aromatic rings. The molecule has 0 bridgehead atoms. The van der Waals surface area contributed by atoms with Crippen LogP contribution in [0.3, 0.4) is 0 Å². The lowest BCUT2D eigenvalue weighted by atomic mass is 10.3. The molecule has 0 fully saturated rings. The summed E-state index contributed by atoms with van der Waals surface area (Å²) in [6, 6.07) is 4.11. The molecule has 4 heteroatoms. The van der Waals surface area contributed by atoms with E-state index in [4.69, 9.17) is 13.9 Å². The van der Waals surface area contributed by atoms with Crippen molar-refractivity contribution in [2.75, 3.05) is 14.2 Å². The lowest BCUT2D eigenvalue weighted by Crippen LogP contribution is -2.39. The highest BCUT2D eigenvalue weighted by Gasteiger charge is 2.15. The lowest BCUT2D eigenvalue weighted by molar-refractivity contribution is -0.119. The number of furan rings is 1. The zero-order valence-electron chi connectivity index (χ0n) is 10.4. The van der Waals surface area contributed by atoms with Crippen molar-refractivity contribution in [3.8, 4) is 0 Å². The van der Waals surface area contributed by atoms with Crippen molar-refractivity contribution in [3.63, 3.8) is 0 Å². The van der Waals surface area contributed by atoms with Crippen LogP contribution in [0.1, 0.15) is 25.4 Å². The first-order valence-electron chi connectivity index (χ1n) is 5.57. The third-order valence-electron chi connectivity index (χ3n) is 2.54. The second-order valence-electron chi connectivity index (χ2n) is 3.73. The van der Waals surface area contributed by atoms with Gasteiger partial charge in [-0.1, -0.05) is 6.92 Å². The van der Waals surface area contributed by atoms with Crippen LogP contribution >= 0.6 is 0 Å². The molecule has 4 nitrogen and oxygen atoms in total. The summed E-state index contributed by atoms with van der Waals surface area (Å²) >= 11 is 0. The van der Waals surface area contributed by atoms with Crippen LogP contribution in [0, 0.1) is 0 Å². The van der Waals surface area contributed by atoms with Gasteiger partial charge in [-0.3, -0.25) is 0 Å². The molecule has 1 unspecified atom stereocenters. The molecular weight excluding hydrogens is 206 g/mol. The molecule has 1 rings (SSSR count). The molecule has 0 aliphatic rings. The Balaban J connectivity index is 2.38. The number of methoxy groups -OCH3 is 2. The first kappa shape index (κ1) is 13.2. The quantitative estimate of drug-likeness (QED) is 0.723. The van der Waals surface area contributed by atoms with Crippen molar-refractivity contribution in [2.24, 2.45) is 0 Å². The number of hydrogen-bond acceptors (Lipinski definition) is 4. The molecule has 0 radical (unpaired) electrons. The van der Waals surface area contributed by atoms with E-state index in [1.54, 1.807) is 14.2 Å². The monoisotopic (exact) mass is 227 g/mol. The smallest absolute Gasteiger partial charge is 0.171 e. The maximum atomic E-state index is 5.59. The van der Waals surface area contributed by atoms with Gasteiger partial charge in [-0.2, -0.15) is 0 Å². The fourth-order valence-electron chi connectivity index (χ4n) is 1.57. The van der Waals surface area contributed by atoms with Crippen molar-refractivity contribution >= 4 is 0 Å². The summed E-state index contributed by atoms with van der Waals surface area (Å²) in [5.74, 6) is 1.95. The molecule has 92 valence electrons. The Hall–Kier alpha value is -0.840. The summed E-state index contributed by atoms with van der Waals surface area (Å²) in [7, 11) is 3.27. The highest BCUT2D eigenvalue weighted by Crippen LogP contribution is 2.09. The maximum Gasteiger partial charge on any atom is 0.171 e. The van der Waals surface area contributed by atoms with Gasteiger partial charge in [0.25, 0.3) is 0 Å². The van der Waals surface area contributed by atoms with Crippen LogP contribution < -0.4 is 5.32 Å².